The molecule has 1 unspecified atom stereocenters. The molecule has 2 heterocycles. The molecule has 4 nitrogen and oxygen atoms in total. The highest BCUT2D eigenvalue weighted by Gasteiger charge is 2.33. The van der Waals surface area contributed by atoms with Crippen LogP contribution in [-0.2, 0) is 9.47 Å². The Kier molecular flexibility index (Phi) is 2.72. The molecule has 0 amide bonds. The van der Waals surface area contributed by atoms with Crippen molar-refractivity contribution in [3.05, 3.63) is 47.5 Å². The van der Waals surface area contributed by atoms with Gasteiger partial charge in [-0.2, -0.15) is 0 Å². The first kappa shape index (κ1) is 11.9. The molecule has 1 fully saturated rings. The molecule has 0 aliphatic carbocycles. The van der Waals surface area contributed by atoms with E-state index in [1.165, 1.54) is 0 Å². The zero-order valence-electron chi connectivity index (χ0n) is 11.0. The predicted octanol–water partition coefficient (Wildman–Crippen LogP) is 2.34. The first-order chi connectivity index (χ1) is 9.84. The van der Waals surface area contributed by atoms with E-state index in [0.29, 0.717) is 18.8 Å². The van der Waals surface area contributed by atoms with Gasteiger partial charge in [0.1, 0.15) is 0 Å². The minimum Gasteiger partial charge on any atom is -0.438 e. The van der Waals surface area contributed by atoms with E-state index in [0.717, 1.165) is 29.4 Å². The number of morpholine rings is 1. The average Bonchev–Trinajstić information content (AvgIpc) is 2.52. The lowest BCUT2D eigenvalue weighted by Gasteiger charge is -2.36. The van der Waals surface area contributed by atoms with Crippen LogP contribution < -0.4 is 0 Å². The molecule has 102 valence electrons. The molecule has 0 radical (unpaired) electrons. The summed E-state index contributed by atoms with van der Waals surface area (Å²) < 4.78 is 11.1. The molecule has 0 N–H and O–H groups in total. The number of nitrogens with zero attached hydrogens (tertiary/aromatic N) is 1. The Labute approximate surface area is 116 Å². The Morgan fingerprint density at radius 2 is 1.80 bits per heavy atom. The van der Waals surface area contributed by atoms with Crippen molar-refractivity contribution in [2.75, 3.05) is 26.3 Å². The lowest BCUT2D eigenvalue weighted by molar-refractivity contribution is -0.0750. The third kappa shape index (κ3) is 1.72. The number of cyclic esters (lactones) is 1. The Bertz CT molecular complexity index is 671. The first-order valence-electron chi connectivity index (χ1n) is 6.89. The van der Waals surface area contributed by atoms with Gasteiger partial charge in [0.05, 0.1) is 18.8 Å². The van der Waals surface area contributed by atoms with Crippen LogP contribution in [-0.4, -0.2) is 37.2 Å². The second-order valence-electron chi connectivity index (χ2n) is 5.16. The molecule has 0 aromatic heterocycles. The van der Waals surface area contributed by atoms with Gasteiger partial charge in [-0.1, -0.05) is 30.3 Å². The van der Waals surface area contributed by atoms with Crippen LogP contribution in [0.1, 0.15) is 22.1 Å². The highest BCUT2D eigenvalue weighted by atomic mass is 16.6. The Hall–Kier alpha value is -1.91. The molecule has 4 heteroatoms. The van der Waals surface area contributed by atoms with Crippen LogP contribution >= 0.6 is 0 Å². The van der Waals surface area contributed by atoms with Crippen LogP contribution in [0.25, 0.3) is 10.8 Å². The van der Waals surface area contributed by atoms with Crippen LogP contribution in [0.4, 0.5) is 0 Å². The number of carbonyl (C=O) groups excluding carboxylic acids is 1. The number of hydrogen-bond donors (Lipinski definition) is 0. The topological polar surface area (TPSA) is 38.8 Å². The van der Waals surface area contributed by atoms with Gasteiger partial charge in [0.25, 0.3) is 0 Å². The van der Waals surface area contributed by atoms with Crippen molar-refractivity contribution in [3.63, 3.8) is 0 Å². The number of esters is 1. The fourth-order valence-corrected chi connectivity index (χ4v) is 3.06. The maximum atomic E-state index is 12.2. The summed E-state index contributed by atoms with van der Waals surface area (Å²) in [6, 6.07) is 11.9. The third-order valence-electron chi connectivity index (χ3n) is 4.02. The molecule has 4 rings (SSSR count). The van der Waals surface area contributed by atoms with Crippen molar-refractivity contribution >= 4 is 16.7 Å². The highest BCUT2D eigenvalue weighted by Crippen LogP contribution is 2.36. The van der Waals surface area contributed by atoms with E-state index in [9.17, 15) is 4.79 Å². The van der Waals surface area contributed by atoms with Gasteiger partial charge in [0.2, 0.25) is 0 Å². The summed E-state index contributed by atoms with van der Waals surface area (Å²) in [6.07, 6.45) is -0.287. The molecular formula is C16H15NO3. The molecule has 20 heavy (non-hydrogen) atoms. The summed E-state index contributed by atoms with van der Waals surface area (Å²) in [5.41, 5.74) is 1.75. The zero-order chi connectivity index (χ0) is 13.5. The SMILES string of the molecule is O=C1OC(N2CCOCC2)c2cccc3cccc1c23. The average molecular weight is 269 g/mol. The van der Waals surface area contributed by atoms with E-state index in [-0.39, 0.29) is 12.2 Å². The normalized spacial score (nSPS) is 22.8. The zero-order valence-corrected chi connectivity index (χ0v) is 11.0. The van der Waals surface area contributed by atoms with Crippen molar-refractivity contribution < 1.29 is 14.3 Å². The number of rotatable bonds is 1. The van der Waals surface area contributed by atoms with Crippen LogP contribution in [0, 0.1) is 0 Å². The summed E-state index contributed by atoms with van der Waals surface area (Å²) in [7, 11) is 0. The molecule has 0 spiro atoms. The van der Waals surface area contributed by atoms with Gasteiger partial charge in [-0.3, -0.25) is 4.90 Å². The Balaban J connectivity index is 1.88. The Morgan fingerprint density at radius 3 is 2.60 bits per heavy atom. The lowest BCUT2D eigenvalue weighted by atomic mass is 9.95. The molecule has 1 saturated heterocycles. The largest absolute Gasteiger partial charge is 0.438 e. The maximum Gasteiger partial charge on any atom is 0.340 e. The van der Waals surface area contributed by atoms with Crippen LogP contribution in [0.3, 0.4) is 0 Å². The molecule has 2 aromatic rings. The first-order valence-corrected chi connectivity index (χ1v) is 6.89. The van der Waals surface area contributed by atoms with Gasteiger partial charge in [0, 0.05) is 24.0 Å². The maximum absolute atomic E-state index is 12.2. The van der Waals surface area contributed by atoms with E-state index in [2.05, 4.69) is 11.0 Å². The summed E-state index contributed by atoms with van der Waals surface area (Å²) >= 11 is 0. The molecule has 1 atom stereocenters. The highest BCUT2D eigenvalue weighted by molar-refractivity contribution is 6.07. The van der Waals surface area contributed by atoms with E-state index in [4.69, 9.17) is 9.47 Å². The summed E-state index contributed by atoms with van der Waals surface area (Å²) in [6.45, 7) is 2.95. The monoisotopic (exact) mass is 269 g/mol. The smallest absolute Gasteiger partial charge is 0.340 e. The number of carbonyl (C=O) groups is 1. The molecule has 0 bridgehead atoms. The fourth-order valence-electron chi connectivity index (χ4n) is 3.06. The summed E-state index contributed by atoms with van der Waals surface area (Å²) in [5, 5.41) is 2.12. The minimum atomic E-state index is -0.287. The number of benzene rings is 2. The molecule has 0 saturated carbocycles. The molecular weight excluding hydrogens is 254 g/mol. The number of ether oxygens (including phenoxy) is 2. The van der Waals surface area contributed by atoms with Gasteiger partial charge in [-0.25, -0.2) is 4.79 Å². The van der Waals surface area contributed by atoms with Crippen LogP contribution in [0.15, 0.2) is 36.4 Å². The third-order valence-corrected chi connectivity index (χ3v) is 4.02. The van der Waals surface area contributed by atoms with Crippen molar-refractivity contribution in [3.8, 4) is 0 Å². The predicted molar refractivity (Wildman–Crippen MR) is 74.5 cm³/mol. The van der Waals surface area contributed by atoms with Gasteiger partial charge in [-0.15, -0.1) is 0 Å². The number of hydrogen-bond acceptors (Lipinski definition) is 4. The van der Waals surface area contributed by atoms with Crippen molar-refractivity contribution in [2.24, 2.45) is 0 Å². The van der Waals surface area contributed by atoms with E-state index >= 15 is 0 Å². The van der Waals surface area contributed by atoms with Gasteiger partial charge < -0.3 is 9.47 Å². The second kappa shape index (κ2) is 4.58. The van der Waals surface area contributed by atoms with Gasteiger partial charge in [-0.05, 0) is 11.5 Å². The quantitative estimate of drug-likeness (QED) is 0.745. The van der Waals surface area contributed by atoms with Crippen molar-refractivity contribution in [1.82, 2.24) is 4.90 Å². The second-order valence-corrected chi connectivity index (χ2v) is 5.16. The summed E-state index contributed by atoms with van der Waals surface area (Å²) in [5.74, 6) is -0.231. The minimum absolute atomic E-state index is 0.231. The standard InChI is InChI=1S/C16H15NO3/c18-16-13-6-2-4-11-3-1-5-12(14(11)13)15(20-16)17-7-9-19-10-8-17/h1-6,15H,7-10H2. The van der Waals surface area contributed by atoms with Crippen molar-refractivity contribution in [2.45, 2.75) is 6.23 Å². The van der Waals surface area contributed by atoms with E-state index in [1.807, 2.05) is 30.3 Å². The molecule has 2 aromatic carbocycles. The van der Waals surface area contributed by atoms with Crippen molar-refractivity contribution in [1.29, 1.82) is 0 Å². The fraction of sp³-hybridized carbons (Fsp3) is 0.312. The van der Waals surface area contributed by atoms with Gasteiger partial charge >= 0.3 is 5.97 Å². The Morgan fingerprint density at radius 1 is 1.05 bits per heavy atom. The van der Waals surface area contributed by atoms with Crippen LogP contribution in [0.5, 0.6) is 0 Å². The van der Waals surface area contributed by atoms with E-state index in [1.54, 1.807) is 0 Å². The van der Waals surface area contributed by atoms with Gasteiger partial charge in [0.15, 0.2) is 6.23 Å². The van der Waals surface area contributed by atoms with E-state index < -0.39 is 0 Å². The molecule has 2 aliphatic rings. The lowest BCUT2D eigenvalue weighted by Crippen LogP contribution is -2.42. The van der Waals surface area contributed by atoms with Crippen LogP contribution in [0.2, 0.25) is 0 Å². The summed E-state index contributed by atoms with van der Waals surface area (Å²) in [4.78, 5) is 14.4. The molecule has 2 aliphatic heterocycles.